The van der Waals surface area contributed by atoms with Crippen LogP contribution in [0.25, 0.3) is 0 Å². The predicted octanol–water partition coefficient (Wildman–Crippen LogP) is 1.52. The molecule has 0 radical (unpaired) electrons. The molecule has 0 bridgehead atoms. The molecule has 0 unspecified atom stereocenters. The summed E-state index contributed by atoms with van der Waals surface area (Å²) in [6.07, 6.45) is 0. The van der Waals surface area contributed by atoms with Crippen LogP contribution in [0.3, 0.4) is 0 Å². The van der Waals surface area contributed by atoms with Gasteiger partial charge in [-0.15, -0.1) is 0 Å². The van der Waals surface area contributed by atoms with Crippen molar-refractivity contribution in [1.82, 2.24) is 10.2 Å². The highest BCUT2D eigenvalue weighted by Crippen LogP contribution is 2.15. The van der Waals surface area contributed by atoms with Gasteiger partial charge in [-0.25, -0.2) is 8.42 Å². The van der Waals surface area contributed by atoms with E-state index in [1.165, 1.54) is 24.3 Å². The number of benzene rings is 2. The average molecular weight is 387 g/mol. The van der Waals surface area contributed by atoms with Gasteiger partial charge in [-0.3, -0.25) is 9.59 Å². The van der Waals surface area contributed by atoms with Crippen LogP contribution in [0.1, 0.15) is 0 Å². The summed E-state index contributed by atoms with van der Waals surface area (Å²) in [6.45, 7) is 2.08. The number of nitrogens with one attached hydrogen (secondary N) is 1. The topological polar surface area (TPSA) is 86.8 Å². The van der Waals surface area contributed by atoms with E-state index in [0.29, 0.717) is 26.2 Å². The molecule has 2 aromatic rings. The molecule has 7 nitrogen and oxygen atoms in total. The molecule has 1 heterocycles. The van der Waals surface area contributed by atoms with Crippen LogP contribution < -0.4 is 10.2 Å². The lowest BCUT2D eigenvalue weighted by atomic mass is 10.2. The van der Waals surface area contributed by atoms with Crippen molar-refractivity contribution in [2.75, 3.05) is 37.6 Å². The Morgan fingerprint density at radius 1 is 0.852 bits per heavy atom. The van der Waals surface area contributed by atoms with Crippen molar-refractivity contribution in [3.8, 4) is 0 Å². The molecule has 8 heteroatoms. The Kier molecular flexibility index (Phi) is 5.75. The zero-order chi connectivity index (χ0) is 19.3. The molecule has 27 heavy (non-hydrogen) atoms. The number of piperazine rings is 1. The van der Waals surface area contributed by atoms with Crippen LogP contribution in [-0.4, -0.2) is 57.2 Å². The van der Waals surface area contributed by atoms with E-state index in [0.717, 1.165) is 5.69 Å². The monoisotopic (exact) mass is 387 g/mol. The molecule has 142 valence electrons. The van der Waals surface area contributed by atoms with Crippen LogP contribution in [0.4, 0.5) is 10.5 Å². The van der Waals surface area contributed by atoms with Crippen molar-refractivity contribution in [3.05, 3.63) is 60.7 Å². The van der Waals surface area contributed by atoms with Gasteiger partial charge in [0, 0.05) is 31.9 Å². The first-order valence-electron chi connectivity index (χ1n) is 8.64. The number of hydrogen-bond donors (Lipinski definition) is 1. The third kappa shape index (κ3) is 4.46. The van der Waals surface area contributed by atoms with Gasteiger partial charge >= 0.3 is 5.24 Å². The zero-order valence-electron chi connectivity index (χ0n) is 14.7. The van der Waals surface area contributed by atoms with Crippen LogP contribution in [-0.2, 0) is 14.6 Å². The quantitative estimate of drug-likeness (QED) is 0.860. The summed E-state index contributed by atoms with van der Waals surface area (Å²) >= 11 is 0. The Bertz CT molecular complexity index is 893. The summed E-state index contributed by atoms with van der Waals surface area (Å²) in [4.78, 5) is 28.0. The molecule has 0 spiro atoms. The maximum atomic E-state index is 12.3. The molecule has 1 aliphatic heterocycles. The lowest BCUT2D eigenvalue weighted by Gasteiger charge is -2.36. The van der Waals surface area contributed by atoms with E-state index >= 15 is 0 Å². The largest absolute Gasteiger partial charge is 0.368 e. The minimum absolute atomic E-state index is 0.0913. The standard InChI is InChI=1S/C19H21N3O4S/c23-18(15-20-19(24)27(25,26)17-9-5-2-6-10-17)22-13-11-21(12-14-22)16-7-3-1-4-8-16/h1-10H,11-15H2,(H,20,24). The number of rotatable bonds is 4. The fourth-order valence-electron chi connectivity index (χ4n) is 2.91. The number of carbonyl (C=O) groups is 2. The second-order valence-corrected chi connectivity index (χ2v) is 8.01. The van der Waals surface area contributed by atoms with Gasteiger partial charge in [0.1, 0.15) is 0 Å². The van der Waals surface area contributed by atoms with Gasteiger partial charge in [0.25, 0.3) is 9.84 Å². The number of carbonyl (C=O) groups excluding carboxylic acids is 2. The maximum absolute atomic E-state index is 12.3. The zero-order valence-corrected chi connectivity index (χ0v) is 15.6. The van der Waals surface area contributed by atoms with Crippen molar-refractivity contribution in [1.29, 1.82) is 0 Å². The molecule has 1 saturated heterocycles. The first kappa shape index (κ1) is 18.9. The summed E-state index contributed by atoms with van der Waals surface area (Å²) in [5.41, 5.74) is 1.10. The van der Waals surface area contributed by atoms with Gasteiger partial charge in [0.15, 0.2) is 0 Å². The van der Waals surface area contributed by atoms with E-state index in [4.69, 9.17) is 0 Å². The van der Waals surface area contributed by atoms with E-state index < -0.39 is 15.1 Å². The lowest BCUT2D eigenvalue weighted by Crippen LogP contribution is -2.51. The molecular weight excluding hydrogens is 366 g/mol. The van der Waals surface area contributed by atoms with Crippen LogP contribution in [0.2, 0.25) is 0 Å². The molecular formula is C19H21N3O4S. The highest BCUT2D eigenvalue weighted by Gasteiger charge is 2.26. The summed E-state index contributed by atoms with van der Waals surface area (Å²) in [7, 11) is -4.14. The van der Waals surface area contributed by atoms with Crippen molar-refractivity contribution >= 4 is 26.7 Å². The van der Waals surface area contributed by atoms with E-state index in [2.05, 4.69) is 10.2 Å². The van der Waals surface area contributed by atoms with Crippen LogP contribution >= 0.6 is 0 Å². The van der Waals surface area contributed by atoms with Crippen molar-refractivity contribution in [2.45, 2.75) is 4.90 Å². The Morgan fingerprint density at radius 3 is 2.00 bits per heavy atom. The molecule has 0 aliphatic carbocycles. The Hall–Kier alpha value is -2.87. The Morgan fingerprint density at radius 2 is 1.41 bits per heavy atom. The Balaban J connectivity index is 1.51. The fourth-order valence-corrected chi connectivity index (χ4v) is 3.91. The summed E-state index contributed by atoms with van der Waals surface area (Å²) < 4.78 is 24.4. The summed E-state index contributed by atoms with van der Waals surface area (Å²) in [5.74, 6) is -0.292. The second-order valence-electron chi connectivity index (χ2n) is 6.16. The first-order valence-corrected chi connectivity index (χ1v) is 10.1. The highest BCUT2D eigenvalue weighted by molar-refractivity contribution is 8.06. The molecule has 3 rings (SSSR count). The third-order valence-corrected chi connectivity index (χ3v) is 5.96. The predicted molar refractivity (Wildman–Crippen MR) is 102 cm³/mol. The van der Waals surface area contributed by atoms with Gasteiger partial charge in [0.2, 0.25) is 5.91 Å². The maximum Gasteiger partial charge on any atom is 0.341 e. The van der Waals surface area contributed by atoms with Gasteiger partial charge in [-0.2, -0.15) is 0 Å². The van der Waals surface area contributed by atoms with Crippen molar-refractivity contribution in [2.24, 2.45) is 0 Å². The molecule has 0 saturated carbocycles. The van der Waals surface area contributed by atoms with Gasteiger partial charge in [0.05, 0.1) is 11.4 Å². The minimum Gasteiger partial charge on any atom is -0.368 e. The molecule has 0 aromatic heterocycles. The molecule has 0 atom stereocenters. The number of anilines is 1. The highest BCUT2D eigenvalue weighted by atomic mass is 32.2. The molecule has 2 amide bonds. The van der Waals surface area contributed by atoms with E-state index in [1.54, 1.807) is 11.0 Å². The third-order valence-electron chi connectivity index (χ3n) is 4.44. The van der Waals surface area contributed by atoms with E-state index in [9.17, 15) is 18.0 Å². The number of nitrogens with zero attached hydrogens (tertiary/aromatic N) is 2. The Labute approximate surface area is 158 Å². The van der Waals surface area contributed by atoms with Crippen molar-refractivity contribution < 1.29 is 18.0 Å². The fraction of sp³-hybridized carbons (Fsp3) is 0.263. The normalized spacial score (nSPS) is 14.7. The molecule has 1 fully saturated rings. The van der Waals surface area contributed by atoms with Gasteiger partial charge < -0.3 is 15.1 Å². The first-order chi connectivity index (χ1) is 13.0. The smallest absolute Gasteiger partial charge is 0.341 e. The van der Waals surface area contributed by atoms with Gasteiger partial charge in [-0.05, 0) is 24.3 Å². The van der Waals surface area contributed by atoms with Crippen LogP contribution in [0.15, 0.2) is 65.6 Å². The van der Waals surface area contributed by atoms with E-state index in [-0.39, 0.29) is 17.3 Å². The summed E-state index contributed by atoms with van der Waals surface area (Å²) in [5, 5.41) is 1.07. The lowest BCUT2D eigenvalue weighted by molar-refractivity contribution is -0.130. The molecule has 1 N–H and O–H groups in total. The number of hydrogen-bond acceptors (Lipinski definition) is 5. The van der Waals surface area contributed by atoms with Crippen LogP contribution in [0.5, 0.6) is 0 Å². The average Bonchev–Trinajstić information content (AvgIpc) is 2.73. The van der Waals surface area contributed by atoms with Crippen LogP contribution in [0, 0.1) is 0 Å². The molecule has 1 aliphatic rings. The van der Waals surface area contributed by atoms with Gasteiger partial charge in [-0.1, -0.05) is 36.4 Å². The number of sulfone groups is 1. The number of para-hydroxylation sites is 1. The number of amides is 2. The SMILES string of the molecule is O=C(CNC(=O)S(=O)(=O)c1ccccc1)N1CCN(c2ccccc2)CC1. The molecule has 2 aromatic carbocycles. The van der Waals surface area contributed by atoms with E-state index in [1.807, 2.05) is 30.3 Å². The second kappa shape index (κ2) is 8.22. The van der Waals surface area contributed by atoms with Crippen molar-refractivity contribution in [3.63, 3.8) is 0 Å². The minimum atomic E-state index is -4.14. The summed E-state index contributed by atoms with van der Waals surface area (Å²) in [6, 6.07) is 17.4.